The Morgan fingerprint density at radius 2 is 1.12 bits per heavy atom. The number of carbonyl (C=O) groups is 2. The molecule has 1 atom stereocenters. The summed E-state index contributed by atoms with van der Waals surface area (Å²) >= 11 is 0. The Kier molecular flexibility index (Phi) is 28.1. The molecule has 0 aliphatic carbocycles. The zero-order valence-electron chi connectivity index (χ0n) is 26.4. The van der Waals surface area contributed by atoms with Crippen LogP contribution < -0.4 is 0 Å². The van der Waals surface area contributed by atoms with Crippen molar-refractivity contribution in [1.29, 1.82) is 0 Å². The largest absolute Gasteiger partial charge is 0.469 e. The molecule has 0 rings (SSSR count). The number of phosphoric ester groups is 1. The Balaban J connectivity index is 4.07. The maximum Gasteiger partial charge on any atom is 0.469 e. The molecule has 0 saturated carbocycles. The lowest BCUT2D eigenvalue weighted by Gasteiger charge is -2.18. The zero-order chi connectivity index (χ0) is 31.2. The van der Waals surface area contributed by atoms with E-state index in [9.17, 15) is 14.2 Å². The summed E-state index contributed by atoms with van der Waals surface area (Å²) in [6.45, 7) is 3.52. The lowest BCUT2D eigenvalue weighted by Crippen LogP contribution is -2.29. The molecule has 0 heterocycles. The minimum absolute atomic E-state index is 0.193. The molecule has 2 N–H and O–H groups in total. The van der Waals surface area contributed by atoms with Crippen molar-refractivity contribution in [2.75, 3.05) is 13.2 Å². The molecule has 0 aliphatic rings. The molecule has 0 fully saturated rings. The number of unbranched alkanes of at least 4 members (excludes halogenated alkanes) is 13. The molecule has 0 radical (unpaired) electrons. The van der Waals surface area contributed by atoms with Crippen molar-refractivity contribution in [1.82, 2.24) is 0 Å². The number of hydrogen-bond acceptors (Lipinski definition) is 6. The molecule has 42 heavy (non-hydrogen) atoms. The van der Waals surface area contributed by atoms with Crippen LogP contribution in [0.5, 0.6) is 0 Å². The fourth-order valence-corrected chi connectivity index (χ4v) is 4.51. The maximum atomic E-state index is 12.3. The lowest BCUT2D eigenvalue weighted by molar-refractivity contribution is -0.161. The quantitative estimate of drug-likeness (QED) is 0.0371. The van der Waals surface area contributed by atoms with E-state index in [1.54, 1.807) is 0 Å². The van der Waals surface area contributed by atoms with Gasteiger partial charge in [-0.2, -0.15) is 0 Å². The predicted molar refractivity (Wildman–Crippen MR) is 170 cm³/mol. The Hall–Kier alpha value is -1.73. The van der Waals surface area contributed by atoms with E-state index in [1.165, 1.54) is 19.3 Å². The fraction of sp³-hybridized carbons (Fsp3) is 0.758. The SMILES string of the molecule is CCC/C=C\CCCCCCCC(=O)OCC(COP(=O)(O)O)OC(=O)CCCCCCC/C=C\C/C=C\CCCC. The van der Waals surface area contributed by atoms with E-state index in [-0.39, 0.29) is 19.4 Å². The first-order valence-corrected chi connectivity index (χ1v) is 17.8. The van der Waals surface area contributed by atoms with E-state index in [2.05, 4.69) is 54.8 Å². The Morgan fingerprint density at radius 3 is 1.69 bits per heavy atom. The van der Waals surface area contributed by atoms with Gasteiger partial charge in [-0.3, -0.25) is 14.1 Å². The van der Waals surface area contributed by atoms with Crippen molar-refractivity contribution < 1.29 is 37.9 Å². The minimum atomic E-state index is -4.75. The molecule has 0 amide bonds. The minimum Gasteiger partial charge on any atom is -0.462 e. The summed E-state index contributed by atoms with van der Waals surface area (Å²) in [5.74, 6) is -0.919. The van der Waals surface area contributed by atoms with E-state index in [4.69, 9.17) is 19.3 Å². The number of allylic oxidation sites excluding steroid dienone is 6. The average Bonchev–Trinajstić information content (AvgIpc) is 2.95. The van der Waals surface area contributed by atoms with Crippen LogP contribution in [0.4, 0.5) is 0 Å². The molecule has 0 saturated heterocycles. The summed E-state index contributed by atoms with van der Waals surface area (Å²) in [6.07, 6.45) is 31.6. The molecule has 1 unspecified atom stereocenters. The predicted octanol–water partition coefficient (Wildman–Crippen LogP) is 9.06. The van der Waals surface area contributed by atoms with E-state index < -0.39 is 32.5 Å². The molecule has 0 bridgehead atoms. The molecular weight excluding hydrogens is 555 g/mol. The van der Waals surface area contributed by atoms with Crippen molar-refractivity contribution in [2.45, 2.75) is 148 Å². The highest BCUT2D eigenvalue weighted by Gasteiger charge is 2.22. The van der Waals surface area contributed by atoms with E-state index in [0.29, 0.717) is 12.8 Å². The van der Waals surface area contributed by atoms with Gasteiger partial charge in [-0.15, -0.1) is 0 Å². The first kappa shape index (κ1) is 40.3. The smallest absolute Gasteiger partial charge is 0.462 e. The molecule has 9 heteroatoms. The summed E-state index contributed by atoms with van der Waals surface area (Å²) in [6, 6.07) is 0. The van der Waals surface area contributed by atoms with Crippen LogP contribution in [0.3, 0.4) is 0 Å². The lowest BCUT2D eigenvalue weighted by atomic mass is 10.1. The second-order valence-corrected chi connectivity index (χ2v) is 12.0. The third-order valence-electron chi connectivity index (χ3n) is 6.61. The van der Waals surface area contributed by atoms with Crippen LogP contribution in [0.25, 0.3) is 0 Å². The second kappa shape index (κ2) is 29.3. The van der Waals surface area contributed by atoms with Gasteiger partial charge in [-0.25, -0.2) is 4.57 Å². The van der Waals surface area contributed by atoms with Gasteiger partial charge in [0.25, 0.3) is 0 Å². The number of rotatable bonds is 29. The van der Waals surface area contributed by atoms with Crippen molar-refractivity contribution in [3.8, 4) is 0 Å². The normalized spacial score (nSPS) is 13.0. The van der Waals surface area contributed by atoms with E-state index in [1.807, 2.05) is 0 Å². The average molecular weight is 615 g/mol. The third-order valence-corrected chi connectivity index (χ3v) is 7.10. The zero-order valence-corrected chi connectivity index (χ0v) is 27.3. The van der Waals surface area contributed by atoms with Gasteiger partial charge in [0.2, 0.25) is 0 Å². The Labute approximate surface area is 255 Å². The summed E-state index contributed by atoms with van der Waals surface area (Å²) in [4.78, 5) is 42.4. The van der Waals surface area contributed by atoms with Gasteiger partial charge in [0, 0.05) is 12.8 Å². The highest BCUT2D eigenvalue weighted by Crippen LogP contribution is 2.35. The first-order chi connectivity index (χ1) is 20.3. The van der Waals surface area contributed by atoms with Gasteiger partial charge in [0.15, 0.2) is 6.10 Å². The molecule has 0 aromatic carbocycles. The van der Waals surface area contributed by atoms with Crippen molar-refractivity contribution >= 4 is 19.8 Å². The van der Waals surface area contributed by atoms with Crippen LogP contribution in [-0.4, -0.2) is 41.0 Å². The maximum absolute atomic E-state index is 12.3. The summed E-state index contributed by atoms with van der Waals surface area (Å²) < 4.78 is 26.1. The molecular formula is C33H59O8P. The topological polar surface area (TPSA) is 119 Å². The van der Waals surface area contributed by atoms with Crippen LogP contribution in [0, 0.1) is 0 Å². The highest BCUT2D eigenvalue weighted by molar-refractivity contribution is 7.46. The van der Waals surface area contributed by atoms with Crippen molar-refractivity contribution in [2.24, 2.45) is 0 Å². The van der Waals surface area contributed by atoms with Crippen LogP contribution in [-0.2, 0) is 28.2 Å². The van der Waals surface area contributed by atoms with Crippen LogP contribution in [0.1, 0.15) is 142 Å². The number of hydrogen-bond donors (Lipinski definition) is 2. The highest BCUT2D eigenvalue weighted by atomic mass is 31.2. The number of esters is 2. The molecule has 0 spiro atoms. The van der Waals surface area contributed by atoms with Gasteiger partial charge < -0.3 is 19.3 Å². The van der Waals surface area contributed by atoms with Crippen LogP contribution >= 0.6 is 7.82 Å². The van der Waals surface area contributed by atoms with E-state index in [0.717, 1.165) is 83.5 Å². The Morgan fingerprint density at radius 1 is 0.619 bits per heavy atom. The molecule has 0 aromatic rings. The molecule has 8 nitrogen and oxygen atoms in total. The monoisotopic (exact) mass is 614 g/mol. The molecule has 244 valence electrons. The third kappa shape index (κ3) is 31.2. The van der Waals surface area contributed by atoms with E-state index >= 15 is 0 Å². The summed E-state index contributed by atoms with van der Waals surface area (Å²) in [5.41, 5.74) is 0. The number of ether oxygens (including phenoxy) is 2. The van der Waals surface area contributed by atoms with Crippen molar-refractivity contribution in [3.05, 3.63) is 36.5 Å². The molecule has 0 aromatic heterocycles. The summed E-state index contributed by atoms with van der Waals surface area (Å²) in [7, 11) is -4.75. The molecule has 0 aliphatic heterocycles. The van der Waals surface area contributed by atoms with Crippen LogP contribution in [0.2, 0.25) is 0 Å². The number of phosphoric acid groups is 1. The fourth-order valence-electron chi connectivity index (χ4n) is 4.15. The van der Waals surface area contributed by atoms with Gasteiger partial charge >= 0.3 is 19.8 Å². The van der Waals surface area contributed by atoms with Gasteiger partial charge in [-0.05, 0) is 57.8 Å². The standard InChI is InChI=1S/C33H59O8P/c1-3-5-7-9-11-13-15-16-17-18-20-22-24-26-28-33(35)41-31(30-40-42(36,37)38)29-39-32(34)27-25-23-21-19-14-12-10-8-6-4-2/h8-11,15-16,31H,3-7,12-14,17-30H2,1-2H3,(H2,36,37,38)/b10-8-,11-9-,16-15-. The first-order valence-electron chi connectivity index (χ1n) is 16.3. The second-order valence-electron chi connectivity index (χ2n) is 10.8. The number of carbonyl (C=O) groups excluding carboxylic acids is 2. The van der Waals surface area contributed by atoms with Gasteiger partial charge in [0.05, 0.1) is 6.61 Å². The van der Waals surface area contributed by atoms with Crippen molar-refractivity contribution in [3.63, 3.8) is 0 Å². The van der Waals surface area contributed by atoms with Crippen LogP contribution in [0.15, 0.2) is 36.5 Å². The van der Waals surface area contributed by atoms with Gasteiger partial charge in [-0.1, -0.05) is 108 Å². The Bertz CT molecular complexity index is 787. The summed E-state index contributed by atoms with van der Waals surface area (Å²) in [5, 5.41) is 0. The van der Waals surface area contributed by atoms with Gasteiger partial charge in [0.1, 0.15) is 6.61 Å².